The first-order chi connectivity index (χ1) is 21.3. The lowest BCUT2D eigenvalue weighted by Crippen LogP contribution is -2.27. The second-order valence-electron chi connectivity index (χ2n) is 11.2. The molecule has 4 rings (SSSR count). The van der Waals surface area contributed by atoms with Gasteiger partial charge in [-0.05, 0) is 59.9 Å². The van der Waals surface area contributed by atoms with Crippen LogP contribution in [0.3, 0.4) is 0 Å². The Morgan fingerprint density at radius 2 is 1.39 bits per heavy atom. The summed E-state index contributed by atoms with van der Waals surface area (Å²) in [6, 6.07) is 21.0. The molecule has 1 heterocycles. The van der Waals surface area contributed by atoms with E-state index in [2.05, 4.69) is 20.1 Å². The van der Waals surface area contributed by atoms with Crippen molar-refractivity contribution in [3.8, 4) is 33.8 Å². The van der Waals surface area contributed by atoms with Gasteiger partial charge in [0.1, 0.15) is 11.5 Å². The second kappa shape index (κ2) is 16.1. The van der Waals surface area contributed by atoms with E-state index in [9.17, 15) is 9.59 Å². The van der Waals surface area contributed by atoms with Crippen molar-refractivity contribution >= 4 is 11.9 Å². The predicted molar refractivity (Wildman–Crippen MR) is 171 cm³/mol. The third-order valence-corrected chi connectivity index (χ3v) is 7.47. The highest BCUT2D eigenvalue weighted by atomic mass is 16.7. The fourth-order valence-electron chi connectivity index (χ4n) is 4.98. The first-order valence-corrected chi connectivity index (χ1v) is 15.1. The average Bonchev–Trinajstić information content (AvgIpc) is 3.04. The number of rotatable bonds is 14. The van der Waals surface area contributed by atoms with Gasteiger partial charge in [-0.25, -0.2) is 9.59 Å². The lowest BCUT2D eigenvalue weighted by atomic mass is 9.95. The molecule has 7 heteroatoms. The molecular formula is C37H42O7. The molecule has 3 aromatic rings. The minimum atomic E-state index is -0.591. The maximum Gasteiger partial charge on any atom is 0.341 e. The number of esters is 2. The Morgan fingerprint density at radius 3 is 2.00 bits per heavy atom. The number of methoxy groups -OCH3 is 1. The topological polar surface area (TPSA) is 80.3 Å². The third-order valence-electron chi connectivity index (χ3n) is 7.47. The Balaban J connectivity index is 1.54. The van der Waals surface area contributed by atoms with Crippen molar-refractivity contribution in [2.75, 3.05) is 26.9 Å². The summed E-state index contributed by atoms with van der Waals surface area (Å²) in [4.78, 5) is 24.3. The first kappa shape index (κ1) is 32.9. The van der Waals surface area contributed by atoms with Crippen LogP contribution in [-0.2, 0) is 23.8 Å². The molecule has 44 heavy (non-hydrogen) atoms. The zero-order chi connectivity index (χ0) is 31.5. The number of carbonyl (C=O) groups is 2. The van der Waals surface area contributed by atoms with E-state index in [0.717, 1.165) is 34.2 Å². The highest BCUT2D eigenvalue weighted by molar-refractivity contribution is 5.90. The number of ether oxygens (including phenoxy) is 5. The molecule has 0 atom stereocenters. The quantitative estimate of drug-likeness (QED) is 0.0800. The summed E-state index contributed by atoms with van der Waals surface area (Å²) < 4.78 is 28.4. The molecule has 1 saturated heterocycles. The molecular weight excluding hydrogens is 556 g/mol. The zero-order valence-corrected chi connectivity index (χ0v) is 25.9. The molecule has 0 N–H and O–H groups in total. The third kappa shape index (κ3) is 8.99. The standard InChI is InChI=1S/C37H42O7/c1-6-7-8-9-10-27-23-41-37(42-24-27)34-21-32(44-36(39)26(4)22-40-5)19-20-33(34)30-13-11-28(12-14-30)29-15-17-31(18-16-29)43-35(38)25(2)3/h11-21,27,37H,2,4,6-10,22-24H2,1,3,5H3. The van der Waals surface area contributed by atoms with Crippen molar-refractivity contribution in [1.82, 2.24) is 0 Å². The van der Waals surface area contributed by atoms with Crippen LogP contribution in [-0.4, -0.2) is 38.9 Å². The highest BCUT2D eigenvalue weighted by Gasteiger charge is 2.26. The average molecular weight is 599 g/mol. The van der Waals surface area contributed by atoms with Crippen molar-refractivity contribution < 1.29 is 33.3 Å². The van der Waals surface area contributed by atoms with Gasteiger partial charge in [-0.3, -0.25) is 0 Å². The summed E-state index contributed by atoms with van der Waals surface area (Å²) in [5.41, 5.74) is 5.23. The van der Waals surface area contributed by atoms with Crippen LogP contribution in [0.15, 0.2) is 91.0 Å². The Labute approximate surface area is 260 Å². The summed E-state index contributed by atoms with van der Waals surface area (Å²) in [6.45, 7) is 12.5. The minimum absolute atomic E-state index is 0.0903. The van der Waals surface area contributed by atoms with Crippen LogP contribution in [0, 0.1) is 5.92 Å². The molecule has 7 nitrogen and oxygen atoms in total. The molecule has 3 aromatic carbocycles. The van der Waals surface area contributed by atoms with Gasteiger partial charge in [-0.15, -0.1) is 0 Å². The van der Waals surface area contributed by atoms with E-state index in [1.165, 1.54) is 32.8 Å². The van der Waals surface area contributed by atoms with E-state index < -0.39 is 18.2 Å². The largest absolute Gasteiger partial charge is 0.423 e. The van der Waals surface area contributed by atoms with Gasteiger partial charge in [0.05, 0.1) is 25.4 Å². The molecule has 1 aliphatic rings. The van der Waals surface area contributed by atoms with Crippen molar-refractivity contribution in [3.63, 3.8) is 0 Å². The van der Waals surface area contributed by atoms with Crippen molar-refractivity contribution in [2.24, 2.45) is 5.92 Å². The van der Waals surface area contributed by atoms with Gasteiger partial charge in [0.15, 0.2) is 6.29 Å². The molecule has 0 spiro atoms. The van der Waals surface area contributed by atoms with E-state index in [1.807, 2.05) is 42.5 Å². The van der Waals surface area contributed by atoms with Gasteiger partial charge in [-0.1, -0.05) is 88.2 Å². The number of hydrogen-bond donors (Lipinski definition) is 0. The van der Waals surface area contributed by atoms with E-state index >= 15 is 0 Å². The Morgan fingerprint density at radius 1 is 0.795 bits per heavy atom. The number of carbonyl (C=O) groups excluding carboxylic acids is 2. The van der Waals surface area contributed by atoms with Gasteiger partial charge >= 0.3 is 11.9 Å². The Hall–Kier alpha value is -4.04. The van der Waals surface area contributed by atoms with Crippen molar-refractivity contribution in [1.29, 1.82) is 0 Å². The van der Waals surface area contributed by atoms with E-state index in [4.69, 9.17) is 23.7 Å². The van der Waals surface area contributed by atoms with E-state index in [1.54, 1.807) is 31.2 Å². The summed E-state index contributed by atoms with van der Waals surface area (Å²) >= 11 is 0. The van der Waals surface area contributed by atoms with Crippen LogP contribution in [0.5, 0.6) is 11.5 Å². The van der Waals surface area contributed by atoms with Crippen LogP contribution >= 0.6 is 0 Å². The molecule has 0 aromatic heterocycles. The van der Waals surface area contributed by atoms with Crippen LogP contribution in [0.2, 0.25) is 0 Å². The normalized spacial score (nSPS) is 16.2. The number of benzene rings is 3. The number of hydrogen-bond acceptors (Lipinski definition) is 7. The molecule has 0 bridgehead atoms. The molecule has 0 radical (unpaired) electrons. The summed E-state index contributed by atoms with van der Waals surface area (Å²) in [5.74, 6) is 0.203. The van der Waals surface area contributed by atoms with Gasteiger partial charge in [-0.2, -0.15) is 0 Å². The Bertz CT molecular complexity index is 1430. The summed E-state index contributed by atoms with van der Waals surface area (Å²) in [5, 5.41) is 0. The van der Waals surface area contributed by atoms with Crippen molar-refractivity contribution in [2.45, 2.75) is 52.2 Å². The Kier molecular flexibility index (Phi) is 12.1. The maximum absolute atomic E-state index is 12.5. The van der Waals surface area contributed by atoms with Crippen LogP contribution in [0.4, 0.5) is 0 Å². The molecule has 0 amide bonds. The summed E-state index contributed by atoms with van der Waals surface area (Å²) in [7, 11) is 1.50. The maximum atomic E-state index is 12.5. The van der Waals surface area contributed by atoms with E-state index in [0.29, 0.717) is 36.2 Å². The van der Waals surface area contributed by atoms with Crippen LogP contribution in [0.1, 0.15) is 57.8 Å². The smallest absolute Gasteiger partial charge is 0.341 e. The van der Waals surface area contributed by atoms with Gasteiger partial charge in [0.2, 0.25) is 0 Å². The van der Waals surface area contributed by atoms with Gasteiger partial charge in [0, 0.05) is 24.2 Å². The zero-order valence-electron chi connectivity index (χ0n) is 25.9. The minimum Gasteiger partial charge on any atom is -0.423 e. The summed E-state index contributed by atoms with van der Waals surface area (Å²) in [6.07, 6.45) is 5.35. The number of unbranched alkanes of at least 4 members (excludes halogenated alkanes) is 3. The van der Waals surface area contributed by atoms with Crippen LogP contribution in [0.25, 0.3) is 22.3 Å². The molecule has 1 aliphatic heterocycles. The van der Waals surface area contributed by atoms with Gasteiger partial charge in [0.25, 0.3) is 0 Å². The lowest BCUT2D eigenvalue weighted by molar-refractivity contribution is -0.205. The van der Waals surface area contributed by atoms with Crippen LogP contribution < -0.4 is 9.47 Å². The monoisotopic (exact) mass is 598 g/mol. The molecule has 232 valence electrons. The molecule has 0 unspecified atom stereocenters. The lowest BCUT2D eigenvalue weighted by Gasteiger charge is -2.31. The second-order valence-corrected chi connectivity index (χ2v) is 11.2. The SMILES string of the molecule is C=C(C)C(=O)Oc1ccc(-c2ccc(-c3ccc(OC(=O)C(=C)COC)cc3C3OCC(CCCCCC)CO3)cc2)cc1. The van der Waals surface area contributed by atoms with Gasteiger partial charge < -0.3 is 23.7 Å². The van der Waals surface area contributed by atoms with E-state index in [-0.39, 0.29) is 12.2 Å². The predicted octanol–water partition coefficient (Wildman–Crippen LogP) is 8.24. The fourth-order valence-corrected chi connectivity index (χ4v) is 4.98. The molecule has 0 aliphatic carbocycles. The fraction of sp³-hybridized carbons (Fsp3) is 0.351. The molecule has 0 saturated carbocycles. The first-order valence-electron chi connectivity index (χ1n) is 15.1. The van der Waals surface area contributed by atoms with Crippen molar-refractivity contribution in [3.05, 3.63) is 96.6 Å². The highest BCUT2D eigenvalue weighted by Crippen LogP contribution is 2.37. The molecule has 1 fully saturated rings.